The van der Waals surface area contributed by atoms with Gasteiger partial charge < -0.3 is 4.74 Å². The van der Waals surface area contributed by atoms with Gasteiger partial charge in [0.15, 0.2) is 5.13 Å². The summed E-state index contributed by atoms with van der Waals surface area (Å²) in [6, 6.07) is 23.3. The van der Waals surface area contributed by atoms with E-state index in [0.717, 1.165) is 27.5 Å². The number of para-hydroxylation sites is 1. The van der Waals surface area contributed by atoms with Crippen molar-refractivity contribution in [2.45, 2.75) is 0 Å². The highest BCUT2D eigenvalue weighted by Crippen LogP contribution is 2.31. The molecular weight excluding hydrogens is 458 g/mol. The van der Waals surface area contributed by atoms with Crippen LogP contribution in [0.25, 0.3) is 21.3 Å². The van der Waals surface area contributed by atoms with Crippen molar-refractivity contribution in [3.05, 3.63) is 99.2 Å². The molecular formula is C24H15N3O4S2. The second-order valence-electron chi connectivity index (χ2n) is 7.02. The number of hydrogen-bond donors (Lipinski definition) is 1. The summed E-state index contributed by atoms with van der Waals surface area (Å²) in [4.78, 5) is 28.2. The number of nitro groups is 1. The van der Waals surface area contributed by atoms with Gasteiger partial charge in [-0.15, -0.1) is 22.7 Å². The van der Waals surface area contributed by atoms with Gasteiger partial charge in [0.05, 0.1) is 15.5 Å². The lowest BCUT2D eigenvalue weighted by Gasteiger charge is -2.05. The van der Waals surface area contributed by atoms with Crippen molar-refractivity contribution in [1.29, 1.82) is 0 Å². The molecule has 0 unspecified atom stereocenters. The molecule has 7 nitrogen and oxygen atoms in total. The first-order valence-electron chi connectivity index (χ1n) is 9.83. The van der Waals surface area contributed by atoms with Crippen molar-refractivity contribution in [3.63, 3.8) is 0 Å². The summed E-state index contributed by atoms with van der Waals surface area (Å²) in [6.45, 7) is 0. The number of non-ortho nitro benzene ring substituents is 1. The van der Waals surface area contributed by atoms with E-state index in [1.54, 1.807) is 12.1 Å². The van der Waals surface area contributed by atoms with Crippen molar-refractivity contribution in [2.24, 2.45) is 0 Å². The fourth-order valence-corrected chi connectivity index (χ4v) is 4.85. The molecule has 0 aliphatic rings. The van der Waals surface area contributed by atoms with Gasteiger partial charge >= 0.3 is 0 Å². The van der Waals surface area contributed by atoms with Crippen LogP contribution in [0.2, 0.25) is 0 Å². The van der Waals surface area contributed by atoms with Crippen LogP contribution in [0.15, 0.2) is 84.2 Å². The Morgan fingerprint density at radius 2 is 1.73 bits per heavy atom. The Morgan fingerprint density at radius 1 is 0.970 bits per heavy atom. The number of carbonyl (C=O) groups is 1. The molecule has 1 N–H and O–H groups in total. The molecule has 0 radical (unpaired) electrons. The number of thiophene rings is 1. The van der Waals surface area contributed by atoms with E-state index in [9.17, 15) is 14.9 Å². The van der Waals surface area contributed by atoms with Crippen LogP contribution in [0.3, 0.4) is 0 Å². The van der Waals surface area contributed by atoms with E-state index >= 15 is 0 Å². The number of nitro benzene ring substituents is 1. The molecule has 0 saturated heterocycles. The number of ether oxygens (including phenoxy) is 1. The number of nitrogens with one attached hydrogen (secondary N) is 1. The molecule has 2 aromatic heterocycles. The topological polar surface area (TPSA) is 94.4 Å². The van der Waals surface area contributed by atoms with Crippen LogP contribution in [0, 0.1) is 10.1 Å². The highest BCUT2D eigenvalue weighted by atomic mass is 32.1. The number of amides is 1. The zero-order chi connectivity index (χ0) is 22.8. The average molecular weight is 474 g/mol. The molecule has 0 aliphatic carbocycles. The lowest BCUT2D eigenvalue weighted by Crippen LogP contribution is -2.09. The monoisotopic (exact) mass is 473 g/mol. The van der Waals surface area contributed by atoms with Gasteiger partial charge in [-0.3, -0.25) is 20.2 Å². The molecule has 33 heavy (non-hydrogen) atoms. The minimum atomic E-state index is -0.450. The SMILES string of the molecule is O=C(Nc1nc(-c2ccc(Oc3ccccc3)cc2)cs1)c1cc2cc([N+](=O)[O-])ccc2s1. The fraction of sp³-hybridized carbons (Fsp3) is 0. The summed E-state index contributed by atoms with van der Waals surface area (Å²) in [5.41, 5.74) is 1.65. The highest BCUT2D eigenvalue weighted by Gasteiger charge is 2.15. The Labute approximate surface area is 196 Å². The molecule has 0 atom stereocenters. The number of carbonyl (C=O) groups excluding carboxylic acids is 1. The van der Waals surface area contributed by atoms with Crippen LogP contribution in [0.4, 0.5) is 10.8 Å². The number of aromatic nitrogens is 1. The van der Waals surface area contributed by atoms with Gasteiger partial charge in [-0.1, -0.05) is 18.2 Å². The third-order valence-corrected chi connectivity index (χ3v) is 6.66. The zero-order valence-electron chi connectivity index (χ0n) is 16.9. The van der Waals surface area contributed by atoms with Crippen LogP contribution < -0.4 is 10.1 Å². The first-order valence-corrected chi connectivity index (χ1v) is 11.5. The Kier molecular flexibility index (Phi) is 5.55. The quantitative estimate of drug-likeness (QED) is 0.212. The summed E-state index contributed by atoms with van der Waals surface area (Å²) in [5, 5.41) is 16.8. The van der Waals surface area contributed by atoms with Gasteiger partial charge in [0.25, 0.3) is 11.6 Å². The lowest BCUT2D eigenvalue weighted by molar-refractivity contribution is -0.384. The van der Waals surface area contributed by atoms with E-state index in [-0.39, 0.29) is 11.6 Å². The molecule has 0 aliphatic heterocycles. The molecule has 162 valence electrons. The molecule has 5 rings (SSSR count). The van der Waals surface area contributed by atoms with E-state index < -0.39 is 4.92 Å². The molecule has 5 aromatic rings. The summed E-state index contributed by atoms with van der Waals surface area (Å²) in [6.07, 6.45) is 0. The van der Waals surface area contributed by atoms with Crippen molar-refractivity contribution < 1.29 is 14.5 Å². The first-order chi connectivity index (χ1) is 16.0. The molecule has 0 fully saturated rings. The summed E-state index contributed by atoms with van der Waals surface area (Å²) < 4.78 is 6.62. The molecule has 9 heteroatoms. The van der Waals surface area contributed by atoms with Gasteiger partial charge in [0.1, 0.15) is 11.5 Å². The Morgan fingerprint density at radius 3 is 2.48 bits per heavy atom. The van der Waals surface area contributed by atoms with E-state index in [0.29, 0.717) is 15.4 Å². The number of anilines is 1. The third kappa shape index (κ3) is 4.59. The second-order valence-corrected chi connectivity index (χ2v) is 8.96. The molecule has 0 bridgehead atoms. The Balaban J connectivity index is 1.28. The summed E-state index contributed by atoms with van der Waals surface area (Å²) in [5.74, 6) is 1.19. The van der Waals surface area contributed by atoms with Crippen molar-refractivity contribution in [1.82, 2.24) is 4.98 Å². The molecule has 1 amide bonds. The number of rotatable bonds is 6. The predicted molar refractivity (Wildman–Crippen MR) is 130 cm³/mol. The molecule has 3 aromatic carbocycles. The van der Waals surface area contributed by atoms with Crippen LogP contribution in [0.1, 0.15) is 9.67 Å². The summed E-state index contributed by atoms with van der Waals surface area (Å²) >= 11 is 2.61. The van der Waals surface area contributed by atoms with E-state index in [4.69, 9.17) is 4.74 Å². The highest BCUT2D eigenvalue weighted by molar-refractivity contribution is 7.21. The van der Waals surface area contributed by atoms with Gasteiger partial charge in [0, 0.05) is 33.2 Å². The summed E-state index contributed by atoms with van der Waals surface area (Å²) in [7, 11) is 0. The van der Waals surface area contributed by atoms with E-state index in [1.807, 2.05) is 60.0 Å². The molecule has 0 spiro atoms. The molecule has 2 heterocycles. The van der Waals surface area contributed by atoms with Crippen LogP contribution in [-0.4, -0.2) is 15.8 Å². The van der Waals surface area contributed by atoms with E-state index in [1.165, 1.54) is 34.8 Å². The minimum absolute atomic E-state index is 0.00277. The fourth-order valence-electron chi connectivity index (χ4n) is 3.20. The third-order valence-electron chi connectivity index (χ3n) is 4.79. The van der Waals surface area contributed by atoms with Crippen molar-refractivity contribution >= 4 is 49.5 Å². The average Bonchev–Trinajstić information content (AvgIpc) is 3.47. The second kappa shape index (κ2) is 8.81. The maximum Gasteiger partial charge on any atom is 0.270 e. The standard InChI is InChI=1S/C24H15N3O4S2/c28-23(22-13-16-12-17(27(29)30)8-11-21(16)33-22)26-24-25-20(14-32-24)15-6-9-19(10-7-15)31-18-4-2-1-3-5-18/h1-14H,(H,25,26,28). The maximum atomic E-state index is 12.7. The molecule has 0 saturated carbocycles. The minimum Gasteiger partial charge on any atom is -0.457 e. The Bertz CT molecular complexity index is 1460. The smallest absolute Gasteiger partial charge is 0.270 e. The number of thiazole rings is 1. The number of hydrogen-bond acceptors (Lipinski definition) is 7. The largest absolute Gasteiger partial charge is 0.457 e. The maximum absolute atomic E-state index is 12.7. The first kappa shape index (κ1) is 20.8. The predicted octanol–water partition coefficient (Wildman–Crippen LogP) is 6.98. The number of benzene rings is 3. The van der Waals surface area contributed by atoms with Crippen molar-refractivity contribution in [2.75, 3.05) is 5.32 Å². The normalized spacial score (nSPS) is 10.8. The van der Waals surface area contributed by atoms with E-state index in [2.05, 4.69) is 10.3 Å². The van der Waals surface area contributed by atoms with Gasteiger partial charge in [-0.2, -0.15) is 0 Å². The Hall–Kier alpha value is -4.08. The lowest BCUT2D eigenvalue weighted by atomic mass is 10.2. The van der Waals surface area contributed by atoms with Gasteiger partial charge in [-0.25, -0.2) is 4.98 Å². The zero-order valence-corrected chi connectivity index (χ0v) is 18.6. The van der Waals surface area contributed by atoms with Crippen molar-refractivity contribution in [3.8, 4) is 22.8 Å². The van der Waals surface area contributed by atoms with Crippen LogP contribution in [-0.2, 0) is 0 Å². The van der Waals surface area contributed by atoms with Crippen LogP contribution in [0.5, 0.6) is 11.5 Å². The van der Waals surface area contributed by atoms with Gasteiger partial charge in [-0.05, 0) is 48.5 Å². The number of nitrogens with zero attached hydrogens (tertiary/aromatic N) is 2. The number of fused-ring (bicyclic) bond motifs is 1. The van der Waals surface area contributed by atoms with Gasteiger partial charge in [0.2, 0.25) is 0 Å². The van der Waals surface area contributed by atoms with Crippen LogP contribution >= 0.6 is 22.7 Å².